The highest BCUT2D eigenvalue weighted by molar-refractivity contribution is 9.10. The first-order valence-corrected chi connectivity index (χ1v) is 12.5. The summed E-state index contributed by atoms with van der Waals surface area (Å²) in [7, 11) is 1.53. The van der Waals surface area contributed by atoms with Crippen LogP contribution in [0.15, 0.2) is 70.0 Å². The van der Waals surface area contributed by atoms with Crippen molar-refractivity contribution in [2.24, 2.45) is 0 Å². The molecule has 0 unspecified atom stereocenters. The number of ether oxygens (including phenoxy) is 2. The van der Waals surface area contributed by atoms with Crippen molar-refractivity contribution in [1.82, 2.24) is 4.90 Å². The third-order valence-electron chi connectivity index (χ3n) is 5.04. The van der Waals surface area contributed by atoms with E-state index in [1.54, 1.807) is 60.7 Å². The molecule has 0 saturated carbocycles. The summed E-state index contributed by atoms with van der Waals surface area (Å²) in [6.07, 6.45) is 1.51. The lowest BCUT2D eigenvalue weighted by molar-refractivity contribution is -0.123. The first kappa shape index (κ1) is 25.3. The Morgan fingerprint density at radius 1 is 1.06 bits per heavy atom. The Kier molecular flexibility index (Phi) is 7.86. The van der Waals surface area contributed by atoms with Crippen LogP contribution >= 0.6 is 50.9 Å². The summed E-state index contributed by atoms with van der Waals surface area (Å²) in [5, 5.41) is 0.268. The van der Waals surface area contributed by atoms with Gasteiger partial charge in [-0.1, -0.05) is 45.2 Å². The van der Waals surface area contributed by atoms with Crippen LogP contribution in [-0.4, -0.2) is 29.1 Å². The number of imide groups is 1. The van der Waals surface area contributed by atoms with Crippen LogP contribution in [0, 0.1) is 0 Å². The minimum absolute atomic E-state index is 0.0572. The number of esters is 1. The van der Waals surface area contributed by atoms with Gasteiger partial charge in [-0.05, 0) is 72.4 Å². The second kappa shape index (κ2) is 10.9. The molecule has 0 N–H and O–H groups in total. The SMILES string of the molecule is COc1ccc(C(=O)Oc2ccc(Br)cc2/C=C2\SC(=O)N(Cc3c(Cl)cccc3Cl)C2=O)cc1. The molecule has 3 aromatic rings. The van der Waals surface area contributed by atoms with Gasteiger partial charge in [0.1, 0.15) is 11.5 Å². The van der Waals surface area contributed by atoms with Gasteiger partial charge in [-0.15, -0.1) is 0 Å². The molecule has 1 fully saturated rings. The average Bonchev–Trinajstić information content (AvgIpc) is 3.10. The van der Waals surface area contributed by atoms with Gasteiger partial charge in [0, 0.05) is 25.6 Å². The van der Waals surface area contributed by atoms with Crippen LogP contribution in [0.5, 0.6) is 11.5 Å². The number of amides is 2. The second-order valence-electron chi connectivity index (χ2n) is 7.27. The molecule has 0 atom stereocenters. The zero-order valence-electron chi connectivity index (χ0n) is 18.1. The van der Waals surface area contributed by atoms with Crippen molar-refractivity contribution in [1.29, 1.82) is 0 Å². The number of thioether (sulfide) groups is 1. The molecule has 6 nitrogen and oxygen atoms in total. The van der Waals surface area contributed by atoms with E-state index >= 15 is 0 Å². The molecule has 10 heteroatoms. The van der Waals surface area contributed by atoms with Gasteiger partial charge in [0.2, 0.25) is 0 Å². The first-order valence-electron chi connectivity index (χ1n) is 10.1. The van der Waals surface area contributed by atoms with E-state index in [0.717, 1.165) is 16.7 Å². The van der Waals surface area contributed by atoms with E-state index < -0.39 is 17.1 Å². The molecule has 178 valence electrons. The predicted molar refractivity (Wildman–Crippen MR) is 140 cm³/mol. The zero-order valence-corrected chi connectivity index (χ0v) is 22.0. The highest BCUT2D eigenvalue weighted by Crippen LogP contribution is 2.37. The van der Waals surface area contributed by atoms with Crippen LogP contribution in [0.2, 0.25) is 10.0 Å². The van der Waals surface area contributed by atoms with Gasteiger partial charge >= 0.3 is 5.97 Å². The van der Waals surface area contributed by atoms with Gasteiger partial charge in [-0.2, -0.15) is 0 Å². The molecule has 2 amide bonds. The van der Waals surface area contributed by atoms with Crippen molar-refractivity contribution >= 4 is 74.1 Å². The van der Waals surface area contributed by atoms with E-state index in [1.165, 1.54) is 13.2 Å². The molecule has 4 rings (SSSR count). The summed E-state index contributed by atoms with van der Waals surface area (Å²) in [6, 6.07) is 16.4. The van der Waals surface area contributed by atoms with Crippen LogP contribution < -0.4 is 9.47 Å². The number of rotatable bonds is 6. The van der Waals surface area contributed by atoms with Gasteiger partial charge in [-0.3, -0.25) is 14.5 Å². The summed E-state index contributed by atoms with van der Waals surface area (Å²) >= 11 is 16.6. The van der Waals surface area contributed by atoms with E-state index in [-0.39, 0.29) is 17.2 Å². The standard InChI is InChI=1S/C25H16BrCl2NO5S/c1-33-17-8-5-14(6-9-17)24(31)34-21-10-7-16(26)11-15(21)12-22-23(30)29(25(32)35-22)13-18-19(27)3-2-4-20(18)28/h2-12H,13H2,1H3/b22-12-. The van der Waals surface area contributed by atoms with Crippen molar-refractivity contribution in [2.75, 3.05) is 7.11 Å². The summed E-state index contributed by atoms with van der Waals surface area (Å²) in [4.78, 5) is 39.6. The maximum atomic E-state index is 13.0. The maximum absolute atomic E-state index is 13.0. The molecule has 1 heterocycles. The Morgan fingerprint density at radius 3 is 2.40 bits per heavy atom. The highest BCUT2D eigenvalue weighted by atomic mass is 79.9. The first-order chi connectivity index (χ1) is 16.8. The number of hydrogen-bond acceptors (Lipinski definition) is 6. The maximum Gasteiger partial charge on any atom is 0.343 e. The van der Waals surface area contributed by atoms with Gasteiger partial charge < -0.3 is 9.47 Å². The topological polar surface area (TPSA) is 72.9 Å². The highest BCUT2D eigenvalue weighted by Gasteiger charge is 2.36. The number of methoxy groups -OCH3 is 1. The lowest BCUT2D eigenvalue weighted by Crippen LogP contribution is -2.27. The largest absolute Gasteiger partial charge is 0.497 e. The normalized spacial score (nSPS) is 14.5. The molecule has 1 aliphatic heterocycles. The number of nitrogens with zero attached hydrogens (tertiary/aromatic N) is 1. The molecular weight excluding hydrogens is 577 g/mol. The van der Waals surface area contributed by atoms with Crippen LogP contribution in [0.3, 0.4) is 0 Å². The number of benzene rings is 3. The minimum Gasteiger partial charge on any atom is -0.497 e. The Labute approximate surface area is 223 Å². The fraction of sp³-hybridized carbons (Fsp3) is 0.0800. The fourth-order valence-electron chi connectivity index (χ4n) is 3.23. The summed E-state index contributed by atoms with van der Waals surface area (Å²) in [5.41, 5.74) is 1.26. The summed E-state index contributed by atoms with van der Waals surface area (Å²) in [6.45, 7) is -0.0572. The fourth-order valence-corrected chi connectivity index (χ4v) is 4.95. The van der Waals surface area contributed by atoms with Crippen LogP contribution in [0.4, 0.5) is 4.79 Å². The monoisotopic (exact) mass is 591 g/mol. The van der Waals surface area contributed by atoms with E-state index in [1.807, 2.05) is 0 Å². The van der Waals surface area contributed by atoms with Gasteiger partial charge in [0.15, 0.2) is 0 Å². The molecule has 3 aromatic carbocycles. The van der Waals surface area contributed by atoms with E-state index in [9.17, 15) is 14.4 Å². The zero-order chi connectivity index (χ0) is 25.1. The van der Waals surface area contributed by atoms with Gasteiger partial charge in [0.05, 0.1) is 24.1 Å². The average molecular weight is 593 g/mol. The van der Waals surface area contributed by atoms with E-state index in [4.69, 9.17) is 32.7 Å². The van der Waals surface area contributed by atoms with Crippen molar-refractivity contribution in [3.63, 3.8) is 0 Å². The third kappa shape index (κ3) is 5.73. The Morgan fingerprint density at radius 2 is 1.74 bits per heavy atom. The van der Waals surface area contributed by atoms with Crippen LogP contribution in [-0.2, 0) is 11.3 Å². The number of halogens is 3. The van der Waals surface area contributed by atoms with Gasteiger partial charge in [0.25, 0.3) is 11.1 Å². The van der Waals surface area contributed by atoms with Crippen molar-refractivity contribution in [3.05, 3.63) is 96.8 Å². The molecule has 0 spiro atoms. The van der Waals surface area contributed by atoms with E-state index in [0.29, 0.717) is 37.0 Å². The lowest BCUT2D eigenvalue weighted by atomic mass is 10.1. The molecule has 0 aromatic heterocycles. The van der Waals surface area contributed by atoms with Crippen molar-refractivity contribution in [2.45, 2.75) is 6.54 Å². The number of carbonyl (C=O) groups is 3. The lowest BCUT2D eigenvalue weighted by Gasteiger charge is -2.14. The second-order valence-corrected chi connectivity index (χ2v) is 9.99. The number of carbonyl (C=O) groups excluding carboxylic acids is 3. The predicted octanol–water partition coefficient (Wildman–Crippen LogP) is 7.22. The van der Waals surface area contributed by atoms with Crippen molar-refractivity contribution < 1.29 is 23.9 Å². The van der Waals surface area contributed by atoms with Crippen molar-refractivity contribution in [3.8, 4) is 11.5 Å². The molecular formula is C25H16BrCl2NO5S. The molecule has 0 bridgehead atoms. The Bertz CT molecular complexity index is 1340. The minimum atomic E-state index is -0.578. The Hall–Kier alpha value is -2.78. The smallest absolute Gasteiger partial charge is 0.343 e. The van der Waals surface area contributed by atoms with Crippen LogP contribution in [0.25, 0.3) is 6.08 Å². The molecule has 0 aliphatic carbocycles. The Balaban J connectivity index is 1.59. The van der Waals surface area contributed by atoms with E-state index in [2.05, 4.69) is 15.9 Å². The molecule has 1 saturated heterocycles. The third-order valence-corrected chi connectivity index (χ3v) is 7.15. The summed E-state index contributed by atoms with van der Waals surface area (Å²) < 4.78 is 11.4. The molecule has 35 heavy (non-hydrogen) atoms. The molecule has 1 aliphatic rings. The van der Waals surface area contributed by atoms with Gasteiger partial charge in [-0.25, -0.2) is 4.79 Å². The molecule has 0 radical (unpaired) electrons. The summed E-state index contributed by atoms with van der Waals surface area (Å²) in [5.74, 6) is -0.232. The quantitative estimate of drug-likeness (QED) is 0.171. The van der Waals surface area contributed by atoms with Crippen LogP contribution in [0.1, 0.15) is 21.5 Å². The number of hydrogen-bond donors (Lipinski definition) is 0.